The second-order valence-corrected chi connectivity index (χ2v) is 3.11. The molecule has 0 bridgehead atoms. The standard InChI is InChI=1S/C10H14N4O2/c1-3-13(11-15)9-5-7-10(8-6-9)14(4-2)12-16/h5-8H,3-4H2,1-2H3. The Morgan fingerprint density at radius 3 is 1.38 bits per heavy atom. The normalized spacial score (nSPS) is 9.62. The van der Waals surface area contributed by atoms with Gasteiger partial charge in [0.2, 0.25) is 0 Å². The van der Waals surface area contributed by atoms with E-state index in [-0.39, 0.29) is 0 Å². The number of nitroso groups, excluding NO2 is 2. The van der Waals surface area contributed by atoms with Crippen LogP contribution >= 0.6 is 0 Å². The predicted molar refractivity (Wildman–Crippen MR) is 64.1 cm³/mol. The Labute approximate surface area is 93.7 Å². The van der Waals surface area contributed by atoms with E-state index in [1.165, 1.54) is 10.0 Å². The monoisotopic (exact) mass is 222 g/mol. The molecule has 0 saturated carbocycles. The van der Waals surface area contributed by atoms with Gasteiger partial charge in [-0.05, 0) is 38.1 Å². The zero-order valence-electron chi connectivity index (χ0n) is 9.33. The maximum Gasteiger partial charge on any atom is 0.0627 e. The van der Waals surface area contributed by atoms with E-state index in [2.05, 4.69) is 10.6 Å². The van der Waals surface area contributed by atoms with Gasteiger partial charge in [0.15, 0.2) is 0 Å². The van der Waals surface area contributed by atoms with E-state index in [1.54, 1.807) is 24.3 Å². The van der Waals surface area contributed by atoms with Crippen LogP contribution in [0.25, 0.3) is 0 Å². The molecule has 6 nitrogen and oxygen atoms in total. The molecule has 0 fully saturated rings. The van der Waals surface area contributed by atoms with E-state index in [0.717, 1.165) is 0 Å². The van der Waals surface area contributed by atoms with Gasteiger partial charge in [-0.15, -0.1) is 9.81 Å². The number of nitrogens with zero attached hydrogens (tertiary/aromatic N) is 4. The Morgan fingerprint density at radius 2 is 1.19 bits per heavy atom. The average molecular weight is 222 g/mol. The molecule has 1 rings (SSSR count). The Morgan fingerprint density at radius 1 is 0.875 bits per heavy atom. The SMILES string of the molecule is CCN(N=O)c1ccc(N(CC)N=O)cc1. The van der Waals surface area contributed by atoms with Gasteiger partial charge in [0, 0.05) is 13.1 Å². The number of hydrogen-bond acceptors (Lipinski definition) is 4. The highest BCUT2D eigenvalue weighted by Gasteiger charge is 2.06. The molecule has 0 unspecified atom stereocenters. The zero-order chi connectivity index (χ0) is 12.0. The van der Waals surface area contributed by atoms with Gasteiger partial charge in [0.05, 0.1) is 21.9 Å². The summed E-state index contributed by atoms with van der Waals surface area (Å²) >= 11 is 0. The molecule has 16 heavy (non-hydrogen) atoms. The van der Waals surface area contributed by atoms with Crippen molar-refractivity contribution in [2.75, 3.05) is 23.1 Å². The minimum absolute atomic E-state index is 0.506. The second-order valence-electron chi connectivity index (χ2n) is 3.11. The third-order valence-electron chi connectivity index (χ3n) is 2.24. The molecule has 0 aliphatic rings. The van der Waals surface area contributed by atoms with Gasteiger partial charge < -0.3 is 0 Å². The molecular weight excluding hydrogens is 208 g/mol. The molecule has 0 aliphatic heterocycles. The van der Waals surface area contributed by atoms with Crippen LogP contribution in [0.1, 0.15) is 13.8 Å². The van der Waals surface area contributed by atoms with E-state index in [9.17, 15) is 9.81 Å². The van der Waals surface area contributed by atoms with Crippen LogP contribution in [0, 0.1) is 9.81 Å². The third-order valence-corrected chi connectivity index (χ3v) is 2.24. The first-order valence-electron chi connectivity index (χ1n) is 5.08. The minimum atomic E-state index is 0.506. The largest absolute Gasteiger partial charge is 0.230 e. The van der Waals surface area contributed by atoms with Crippen molar-refractivity contribution in [2.45, 2.75) is 13.8 Å². The lowest BCUT2D eigenvalue weighted by Crippen LogP contribution is -2.16. The van der Waals surface area contributed by atoms with Crippen LogP contribution in [0.4, 0.5) is 11.4 Å². The van der Waals surface area contributed by atoms with E-state index >= 15 is 0 Å². The summed E-state index contributed by atoms with van der Waals surface area (Å²) in [6.07, 6.45) is 0. The minimum Gasteiger partial charge on any atom is -0.230 e. The van der Waals surface area contributed by atoms with Gasteiger partial charge in [-0.1, -0.05) is 0 Å². The highest BCUT2D eigenvalue weighted by atomic mass is 16.3. The van der Waals surface area contributed by atoms with Crippen LogP contribution in [0.2, 0.25) is 0 Å². The van der Waals surface area contributed by atoms with E-state index in [0.29, 0.717) is 24.5 Å². The summed E-state index contributed by atoms with van der Waals surface area (Å²) < 4.78 is 0. The van der Waals surface area contributed by atoms with Crippen LogP contribution < -0.4 is 10.0 Å². The lowest BCUT2D eigenvalue weighted by molar-refractivity contribution is 0.874. The van der Waals surface area contributed by atoms with Gasteiger partial charge in [-0.2, -0.15) is 0 Å². The Hall–Kier alpha value is -1.98. The van der Waals surface area contributed by atoms with E-state index < -0.39 is 0 Å². The van der Waals surface area contributed by atoms with Crippen molar-refractivity contribution in [1.29, 1.82) is 0 Å². The molecule has 1 aromatic rings. The Bertz CT molecular complexity index is 317. The Balaban J connectivity index is 2.89. The first-order valence-corrected chi connectivity index (χ1v) is 5.08. The number of hydrogen-bond donors (Lipinski definition) is 0. The van der Waals surface area contributed by atoms with E-state index in [1.807, 2.05) is 13.8 Å². The summed E-state index contributed by atoms with van der Waals surface area (Å²) in [6.45, 7) is 4.68. The second kappa shape index (κ2) is 5.79. The third kappa shape index (κ3) is 2.53. The van der Waals surface area contributed by atoms with Crippen LogP contribution in [-0.2, 0) is 0 Å². The molecule has 86 valence electrons. The van der Waals surface area contributed by atoms with Gasteiger partial charge in [-0.25, -0.2) is 10.0 Å². The van der Waals surface area contributed by atoms with Gasteiger partial charge in [0.25, 0.3) is 0 Å². The quantitative estimate of drug-likeness (QED) is 0.548. The predicted octanol–water partition coefficient (Wildman–Crippen LogP) is 2.70. The maximum atomic E-state index is 10.5. The highest BCUT2D eigenvalue weighted by molar-refractivity contribution is 5.55. The van der Waals surface area contributed by atoms with Crippen molar-refractivity contribution in [2.24, 2.45) is 10.6 Å². The summed E-state index contributed by atoms with van der Waals surface area (Å²) in [5, 5.41) is 8.41. The zero-order valence-corrected chi connectivity index (χ0v) is 9.33. The van der Waals surface area contributed by atoms with Gasteiger partial charge in [-0.3, -0.25) is 0 Å². The fraction of sp³-hybridized carbons (Fsp3) is 0.400. The fourth-order valence-electron chi connectivity index (χ4n) is 1.37. The Kier molecular flexibility index (Phi) is 4.38. The molecule has 0 heterocycles. The van der Waals surface area contributed by atoms with Crippen LogP contribution in [0.3, 0.4) is 0 Å². The van der Waals surface area contributed by atoms with Crippen molar-refractivity contribution in [3.8, 4) is 0 Å². The lowest BCUT2D eigenvalue weighted by Gasteiger charge is -2.15. The first kappa shape index (κ1) is 12.1. The summed E-state index contributed by atoms with van der Waals surface area (Å²) in [4.78, 5) is 20.9. The topological polar surface area (TPSA) is 65.3 Å². The molecule has 0 aliphatic carbocycles. The smallest absolute Gasteiger partial charge is 0.0627 e. The molecule has 0 spiro atoms. The van der Waals surface area contributed by atoms with Crippen molar-refractivity contribution < 1.29 is 0 Å². The summed E-state index contributed by atoms with van der Waals surface area (Å²) in [7, 11) is 0. The maximum absolute atomic E-state index is 10.5. The molecule has 6 heteroatoms. The van der Waals surface area contributed by atoms with Crippen molar-refractivity contribution in [3.63, 3.8) is 0 Å². The molecule has 0 atom stereocenters. The highest BCUT2D eigenvalue weighted by Crippen LogP contribution is 2.20. The lowest BCUT2D eigenvalue weighted by atomic mass is 10.2. The first-order chi connectivity index (χ1) is 7.76. The fourth-order valence-corrected chi connectivity index (χ4v) is 1.37. The summed E-state index contributed by atoms with van der Waals surface area (Å²) in [6, 6.07) is 6.92. The van der Waals surface area contributed by atoms with Crippen molar-refractivity contribution >= 4 is 11.4 Å². The summed E-state index contributed by atoms with van der Waals surface area (Å²) in [5.74, 6) is 0. The molecular formula is C10H14N4O2. The summed E-state index contributed by atoms with van der Waals surface area (Å²) in [5.41, 5.74) is 1.39. The molecule has 0 N–H and O–H groups in total. The average Bonchev–Trinajstić information content (AvgIpc) is 2.34. The van der Waals surface area contributed by atoms with Crippen LogP contribution in [0.15, 0.2) is 34.8 Å². The number of anilines is 2. The van der Waals surface area contributed by atoms with Gasteiger partial charge in [0.1, 0.15) is 0 Å². The van der Waals surface area contributed by atoms with Crippen molar-refractivity contribution in [3.05, 3.63) is 34.1 Å². The number of rotatable bonds is 6. The van der Waals surface area contributed by atoms with Crippen molar-refractivity contribution in [1.82, 2.24) is 0 Å². The molecule has 0 amide bonds. The molecule has 0 aromatic heterocycles. The number of benzene rings is 1. The molecule has 1 aromatic carbocycles. The van der Waals surface area contributed by atoms with Crippen LogP contribution in [-0.4, -0.2) is 13.1 Å². The van der Waals surface area contributed by atoms with E-state index in [4.69, 9.17) is 0 Å². The van der Waals surface area contributed by atoms with Crippen LogP contribution in [0.5, 0.6) is 0 Å². The molecule has 0 saturated heterocycles. The molecule has 0 radical (unpaired) electrons. The van der Waals surface area contributed by atoms with Gasteiger partial charge >= 0.3 is 0 Å².